The minimum Gasteiger partial charge on any atom is -0.379 e. The molecule has 2 unspecified atom stereocenters. The smallest absolute Gasteiger partial charge is 0.0594 e. The fraction of sp³-hybridized carbons (Fsp3) is 1.00. The van der Waals surface area contributed by atoms with E-state index in [0.29, 0.717) is 0 Å². The summed E-state index contributed by atoms with van der Waals surface area (Å²) in [6.45, 7) is 14.7. The average molecular weight is 255 g/mol. The number of morpholine rings is 1. The van der Waals surface area contributed by atoms with E-state index in [1.165, 1.54) is 26.1 Å². The van der Waals surface area contributed by atoms with E-state index in [4.69, 9.17) is 4.74 Å². The molecule has 0 aromatic carbocycles. The van der Waals surface area contributed by atoms with E-state index in [1.807, 2.05) is 0 Å². The zero-order valence-corrected chi connectivity index (χ0v) is 12.0. The minimum absolute atomic E-state index is 0.758. The Morgan fingerprint density at radius 1 is 1.28 bits per heavy atom. The SMILES string of the molecule is CCNCC(C)CN1CCC(N2CCOCC2)C1. The number of likely N-dealkylation sites (tertiary alicyclic amines) is 1. The fourth-order valence-electron chi connectivity index (χ4n) is 3.11. The van der Waals surface area contributed by atoms with Crippen LogP contribution in [0.15, 0.2) is 0 Å². The lowest BCUT2D eigenvalue weighted by molar-refractivity contribution is 0.0183. The molecule has 1 N–H and O–H groups in total. The molecule has 0 aromatic rings. The number of nitrogens with zero attached hydrogens (tertiary/aromatic N) is 2. The Morgan fingerprint density at radius 2 is 2.06 bits per heavy atom. The molecule has 2 rings (SSSR count). The van der Waals surface area contributed by atoms with Crippen LogP contribution in [0.4, 0.5) is 0 Å². The Labute approximate surface area is 112 Å². The van der Waals surface area contributed by atoms with E-state index in [0.717, 1.165) is 51.4 Å². The van der Waals surface area contributed by atoms with Gasteiger partial charge in [0.15, 0.2) is 0 Å². The maximum atomic E-state index is 5.43. The molecule has 2 atom stereocenters. The maximum absolute atomic E-state index is 5.43. The third kappa shape index (κ3) is 4.19. The topological polar surface area (TPSA) is 27.7 Å². The van der Waals surface area contributed by atoms with E-state index < -0.39 is 0 Å². The first kappa shape index (κ1) is 14.3. The zero-order valence-electron chi connectivity index (χ0n) is 12.0. The minimum atomic E-state index is 0.758. The van der Waals surface area contributed by atoms with Crippen molar-refractivity contribution in [1.82, 2.24) is 15.1 Å². The van der Waals surface area contributed by atoms with Crippen molar-refractivity contribution < 1.29 is 4.74 Å². The lowest BCUT2D eigenvalue weighted by Crippen LogP contribution is -2.45. The molecule has 0 aliphatic carbocycles. The normalized spacial score (nSPS) is 28.7. The van der Waals surface area contributed by atoms with Gasteiger partial charge in [-0.3, -0.25) is 4.90 Å². The van der Waals surface area contributed by atoms with Crippen molar-refractivity contribution in [3.63, 3.8) is 0 Å². The summed E-state index contributed by atoms with van der Waals surface area (Å²) in [5.74, 6) is 0.758. The Hall–Kier alpha value is -0.160. The summed E-state index contributed by atoms with van der Waals surface area (Å²) in [6, 6.07) is 0.778. The lowest BCUT2D eigenvalue weighted by Gasteiger charge is -2.32. The van der Waals surface area contributed by atoms with Crippen molar-refractivity contribution >= 4 is 0 Å². The lowest BCUT2D eigenvalue weighted by atomic mass is 10.1. The highest BCUT2D eigenvalue weighted by Crippen LogP contribution is 2.17. The van der Waals surface area contributed by atoms with Gasteiger partial charge in [-0.15, -0.1) is 0 Å². The highest BCUT2D eigenvalue weighted by molar-refractivity contribution is 4.85. The van der Waals surface area contributed by atoms with Crippen molar-refractivity contribution in [3.05, 3.63) is 0 Å². The van der Waals surface area contributed by atoms with Crippen LogP contribution in [0.2, 0.25) is 0 Å². The molecule has 18 heavy (non-hydrogen) atoms. The van der Waals surface area contributed by atoms with Gasteiger partial charge in [0.05, 0.1) is 13.2 Å². The molecule has 0 aromatic heterocycles. The van der Waals surface area contributed by atoms with Gasteiger partial charge in [-0.25, -0.2) is 0 Å². The van der Waals surface area contributed by atoms with Crippen LogP contribution in [0.3, 0.4) is 0 Å². The van der Waals surface area contributed by atoms with Crippen molar-refractivity contribution in [1.29, 1.82) is 0 Å². The summed E-state index contributed by atoms with van der Waals surface area (Å²) in [5.41, 5.74) is 0. The molecule has 2 aliphatic rings. The van der Waals surface area contributed by atoms with Gasteiger partial charge in [0.2, 0.25) is 0 Å². The molecule has 0 saturated carbocycles. The van der Waals surface area contributed by atoms with Gasteiger partial charge in [0.1, 0.15) is 0 Å². The first-order chi connectivity index (χ1) is 8.79. The van der Waals surface area contributed by atoms with Gasteiger partial charge in [-0.2, -0.15) is 0 Å². The largest absolute Gasteiger partial charge is 0.379 e. The Kier molecular flexibility index (Phi) is 5.89. The number of nitrogens with one attached hydrogen (secondary N) is 1. The quantitative estimate of drug-likeness (QED) is 0.754. The molecule has 2 aliphatic heterocycles. The van der Waals surface area contributed by atoms with Crippen molar-refractivity contribution in [3.8, 4) is 0 Å². The van der Waals surface area contributed by atoms with Crippen LogP contribution in [-0.2, 0) is 4.74 Å². The van der Waals surface area contributed by atoms with Gasteiger partial charge in [-0.1, -0.05) is 13.8 Å². The highest BCUT2D eigenvalue weighted by atomic mass is 16.5. The van der Waals surface area contributed by atoms with E-state index >= 15 is 0 Å². The highest BCUT2D eigenvalue weighted by Gasteiger charge is 2.28. The molecule has 0 amide bonds. The van der Waals surface area contributed by atoms with E-state index in [1.54, 1.807) is 0 Å². The molecular weight excluding hydrogens is 226 g/mol. The van der Waals surface area contributed by atoms with E-state index in [9.17, 15) is 0 Å². The van der Waals surface area contributed by atoms with Crippen LogP contribution in [0.1, 0.15) is 20.3 Å². The van der Waals surface area contributed by atoms with Crippen LogP contribution < -0.4 is 5.32 Å². The Morgan fingerprint density at radius 3 is 2.78 bits per heavy atom. The average Bonchev–Trinajstić information content (AvgIpc) is 2.86. The monoisotopic (exact) mass is 255 g/mol. The number of hydrogen-bond donors (Lipinski definition) is 1. The molecule has 0 spiro atoms. The number of rotatable bonds is 6. The van der Waals surface area contributed by atoms with Gasteiger partial charge in [0.25, 0.3) is 0 Å². The first-order valence-electron chi connectivity index (χ1n) is 7.54. The number of hydrogen-bond acceptors (Lipinski definition) is 4. The van der Waals surface area contributed by atoms with Gasteiger partial charge >= 0.3 is 0 Å². The second-order valence-corrected chi connectivity index (χ2v) is 5.76. The maximum Gasteiger partial charge on any atom is 0.0594 e. The molecule has 4 heteroatoms. The molecule has 2 saturated heterocycles. The Bertz CT molecular complexity index is 231. The zero-order chi connectivity index (χ0) is 12.8. The van der Waals surface area contributed by atoms with Gasteiger partial charge in [0, 0.05) is 32.2 Å². The van der Waals surface area contributed by atoms with Crippen molar-refractivity contribution in [2.24, 2.45) is 5.92 Å². The Balaban J connectivity index is 1.67. The molecule has 2 fully saturated rings. The van der Waals surface area contributed by atoms with E-state index in [-0.39, 0.29) is 0 Å². The summed E-state index contributed by atoms with van der Waals surface area (Å²) in [4.78, 5) is 5.26. The predicted molar refractivity (Wildman–Crippen MR) is 74.9 cm³/mol. The van der Waals surface area contributed by atoms with Crippen LogP contribution in [-0.4, -0.2) is 74.9 Å². The second kappa shape index (κ2) is 7.43. The molecule has 0 radical (unpaired) electrons. The fourth-order valence-corrected chi connectivity index (χ4v) is 3.11. The molecular formula is C14H29N3O. The summed E-state index contributed by atoms with van der Waals surface area (Å²) >= 11 is 0. The molecule has 2 heterocycles. The van der Waals surface area contributed by atoms with Crippen LogP contribution in [0.25, 0.3) is 0 Å². The summed E-state index contributed by atoms with van der Waals surface area (Å²) in [6.07, 6.45) is 1.34. The molecule has 4 nitrogen and oxygen atoms in total. The summed E-state index contributed by atoms with van der Waals surface area (Å²) in [5, 5.41) is 3.44. The van der Waals surface area contributed by atoms with Crippen molar-refractivity contribution in [2.75, 3.05) is 59.0 Å². The third-order valence-corrected chi connectivity index (χ3v) is 4.12. The predicted octanol–water partition coefficient (Wildman–Crippen LogP) is 0.639. The first-order valence-corrected chi connectivity index (χ1v) is 7.54. The van der Waals surface area contributed by atoms with Crippen LogP contribution in [0.5, 0.6) is 0 Å². The summed E-state index contributed by atoms with van der Waals surface area (Å²) in [7, 11) is 0. The standard InChI is InChI=1S/C14H29N3O/c1-3-15-10-13(2)11-16-5-4-14(12-16)17-6-8-18-9-7-17/h13-15H,3-12H2,1-2H3. The van der Waals surface area contributed by atoms with Crippen molar-refractivity contribution in [2.45, 2.75) is 26.3 Å². The molecule has 106 valence electrons. The summed E-state index contributed by atoms with van der Waals surface area (Å²) < 4.78 is 5.43. The van der Waals surface area contributed by atoms with Gasteiger partial charge in [-0.05, 0) is 32.0 Å². The van der Waals surface area contributed by atoms with E-state index in [2.05, 4.69) is 29.0 Å². The molecule has 0 bridgehead atoms. The van der Waals surface area contributed by atoms with Gasteiger partial charge < -0.3 is 15.0 Å². The van der Waals surface area contributed by atoms with Crippen LogP contribution in [0, 0.1) is 5.92 Å². The second-order valence-electron chi connectivity index (χ2n) is 5.76. The number of ether oxygens (including phenoxy) is 1. The van der Waals surface area contributed by atoms with Crippen LogP contribution >= 0.6 is 0 Å². The third-order valence-electron chi connectivity index (χ3n) is 4.12.